The number of rotatable bonds is 1. The van der Waals surface area contributed by atoms with Gasteiger partial charge in [-0.2, -0.15) is 0 Å². The molecule has 2 N–H and O–H groups in total. The van der Waals surface area contributed by atoms with Gasteiger partial charge in [-0.05, 0) is 30.7 Å². The first-order valence-corrected chi connectivity index (χ1v) is 5.54. The summed E-state index contributed by atoms with van der Waals surface area (Å²) in [6, 6.07) is 5.94. The van der Waals surface area contributed by atoms with Gasteiger partial charge in [0.1, 0.15) is 23.4 Å². The van der Waals surface area contributed by atoms with E-state index in [1.54, 1.807) is 7.11 Å². The van der Waals surface area contributed by atoms with Gasteiger partial charge in [-0.3, -0.25) is 0 Å². The number of hydrogen-bond acceptors (Lipinski definition) is 5. The molecule has 2 aromatic heterocycles. The Balaban J connectivity index is 2.48. The predicted octanol–water partition coefficient (Wildman–Crippen LogP) is 2.08. The lowest BCUT2D eigenvalue weighted by Gasteiger charge is -2.08. The van der Waals surface area contributed by atoms with Crippen LogP contribution in [0.2, 0.25) is 0 Å². The number of hydrogen-bond donors (Lipinski definition) is 1. The summed E-state index contributed by atoms with van der Waals surface area (Å²) in [5.41, 5.74) is 8.31. The molecule has 0 radical (unpaired) electrons. The number of fused-ring (bicyclic) bond motifs is 2. The number of aromatic nitrogens is 3. The summed E-state index contributed by atoms with van der Waals surface area (Å²) >= 11 is 0. The van der Waals surface area contributed by atoms with E-state index in [1.165, 1.54) is 6.33 Å². The standard InChI is InChI=1S/C13H12N4O/c1-7-3-8-5-9-12(14)15-6-16-13(9)17-11(8)10(4-7)18-2/h3-6H,1-2H3,(H2,14,15,16,17). The third-order valence-corrected chi connectivity index (χ3v) is 2.88. The first kappa shape index (κ1) is 10.7. The first-order chi connectivity index (χ1) is 8.69. The molecule has 5 nitrogen and oxygen atoms in total. The number of benzene rings is 1. The van der Waals surface area contributed by atoms with Crippen molar-refractivity contribution < 1.29 is 4.74 Å². The van der Waals surface area contributed by atoms with Crippen LogP contribution in [0.15, 0.2) is 24.5 Å². The normalized spacial score (nSPS) is 11.0. The number of ether oxygens (including phenoxy) is 1. The van der Waals surface area contributed by atoms with Gasteiger partial charge in [0.25, 0.3) is 0 Å². The van der Waals surface area contributed by atoms with Crippen molar-refractivity contribution in [1.82, 2.24) is 15.0 Å². The van der Waals surface area contributed by atoms with Crippen molar-refractivity contribution in [3.8, 4) is 5.75 Å². The number of aryl methyl sites for hydroxylation is 1. The Morgan fingerprint density at radius 1 is 1.17 bits per heavy atom. The van der Waals surface area contributed by atoms with Gasteiger partial charge in [0.15, 0.2) is 5.65 Å². The van der Waals surface area contributed by atoms with Crippen molar-refractivity contribution in [1.29, 1.82) is 0 Å². The molecule has 0 aliphatic heterocycles. The van der Waals surface area contributed by atoms with E-state index in [0.717, 1.165) is 27.6 Å². The van der Waals surface area contributed by atoms with Crippen molar-refractivity contribution in [2.75, 3.05) is 12.8 Å². The van der Waals surface area contributed by atoms with Crippen molar-refractivity contribution in [2.45, 2.75) is 6.92 Å². The lowest BCUT2D eigenvalue weighted by atomic mass is 10.1. The topological polar surface area (TPSA) is 73.9 Å². The van der Waals surface area contributed by atoms with Gasteiger partial charge in [0, 0.05) is 5.39 Å². The number of nitrogens with two attached hydrogens (primary N) is 1. The summed E-state index contributed by atoms with van der Waals surface area (Å²) in [6.07, 6.45) is 1.41. The molecule has 0 saturated carbocycles. The second-order valence-corrected chi connectivity index (χ2v) is 4.16. The maximum absolute atomic E-state index is 5.83. The molecule has 0 amide bonds. The molecular weight excluding hydrogens is 228 g/mol. The minimum Gasteiger partial charge on any atom is -0.494 e. The molecule has 90 valence electrons. The highest BCUT2D eigenvalue weighted by Gasteiger charge is 2.09. The minimum atomic E-state index is 0.440. The molecule has 0 atom stereocenters. The van der Waals surface area contributed by atoms with E-state index in [-0.39, 0.29) is 0 Å². The predicted molar refractivity (Wildman–Crippen MR) is 70.5 cm³/mol. The van der Waals surface area contributed by atoms with Crippen LogP contribution < -0.4 is 10.5 Å². The number of nitrogen functional groups attached to an aromatic ring is 1. The second kappa shape index (κ2) is 3.80. The van der Waals surface area contributed by atoms with Gasteiger partial charge < -0.3 is 10.5 Å². The van der Waals surface area contributed by atoms with Crippen molar-refractivity contribution >= 4 is 27.8 Å². The molecule has 1 aromatic carbocycles. The molecule has 0 fully saturated rings. The SMILES string of the molecule is COc1cc(C)cc2cc3c(N)ncnc3nc12. The molecule has 0 spiro atoms. The highest BCUT2D eigenvalue weighted by atomic mass is 16.5. The molecular formula is C13H12N4O. The van der Waals surface area contributed by atoms with Crippen molar-refractivity contribution in [3.05, 3.63) is 30.1 Å². The molecule has 3 rings (SSSR count). The van der Waals surface area contributed by atoms with Crippen LogP contribution in [0.25, 0.3) is 21.9 Å². The Kier molecular flexibility index (Phi) is 2.26. The van der Waals surface area contributed by atoms with Crippen LogP contribution >= 0.6 is 0 Å². The Morgan fingerprint density at radius 3 is 2.78 bits per heavy atom. The average Bonchev–Trinajstić information content (AvgIpc) is 2.36. The fraction of sp³-hybridized carbons (Fsp3) is 0.154. The van der Waals surface area contributed by atoms with Gasteiger partial charge in [0.2, 0.25) is 0 Å². The Bertz CT molecular complexity index is 755. The van der Waals surface area contributed by atoms with Gasteiger partial charge in [-0.25, -0.2) is 15.0 Å². The van der Waals surface area contributed by atoms with Gasteiger partial charge >= 0.3 is 0 Å². The van der Waals surface area contributed by atoms with Crippen LogP contribution in [0.3, 0.4) is 0 Å². The highest BCUT2D eigenvalue weighted by Crippen LogP contribution is 2.29. The zero-order chi connectivity index (χ0) is 12.7. The van der Waals surface area contributed by atoms with E-state index in [2.05, 4.69) is 15.0 Å². The number of methoxy groups -OCH3 is 1. The Labute approximate surface area is 104 Å². The molecule has 3 aromatic rings. The molecule has 0 unspecified atom stereocenters. The minimum absolute atomic E-state index is 0.440. The molecule has 5 heteroatoms. The van der Waals surface area contributed by atoms with E-state index >= 15 is 0 Å². The fourth-order valence-electron chi connectivity index (χ4n) is 2.05. The smallest absolute Gasteiger partial charge is 0.165 e. The van der Waals surface area contributed by atoms with Crippen molar-refractivity contribution in [3.63, 3.8) is 0 Å². The maximum Gasteiger partial charge on any atom is 0.165 e. The second-order valence-electron chi connectivity index (χ2n) is 4.16. The van der Waals surface area contributed by atoms with E-state index in [9.17, 15) is 0 Å². The molecule has 0 bridgehead atoms. The lowest BCUT2D eigenvalue weighted by molar-refractivity contribution is 0.418. The Morgan fingerprint density at radius 2 is 2.00 bits per heavy atom. The average molecular weight is 240 g/mol. The van der Waals surface area contributed by atoms with Crippen LogP contribution in [0, 0.1) is 6.92 Å². The quantitative estimate of drug-likeness (QED) is 0.659. The van der Waals surface area contributed by atoms with Crippen LogP contribution in [0.4, 0.5) is 5.82 Å². The van der Waals surface area contributed by atoms with Crippen LogP contribution in [0.1, 0.15) is 5.56 Å². The summed E-state index contributed by atoms with van der Waals surface area (Å²) < 4.78 is 5.35. The van der Waals surface area contributed by atoms with E-state index < -0.39 is 0 Å². The zero-order valence-corrected chi connectivity index (χ0v) is 10.1. The molecule has 18 heavy (non-hydrogen) atoms. The van der Waals surface area contributed by atoms with Crippen molar-refractivity contribution in [2.24, 2.45) is 0 Å². The third kappa shape index (κ3) is 1.52. The number of nitrogens with zero attached hydrogens (tertiary/aromatic N) is 3. The molecule has 0 aliphatic rings. The maximum atomic E-state index is 5.83. The van der Waals surface area contributed by atoms with E-state index in [0.29, 0.717) is 11.5 Å². The lowest BCUT2D eigenvalue weighted by Crippen LogP contribution is -1.96. The van der Waals surface area contributed by atoms with Crippen LogP contribution in [-0.4, -0.2) is 22.1 Å². The Hall–Kier alpha value is -2.43. The largest absolute Gasteiger partial charge is 0.494 e. The van der Waals surface area contributed by atoms with E-state index in [4.69, 9.17) is 10.5 Å². The summed E-state index contributed by atoms with van der Waals surface area (Å²) in [5, 5.41) is 1.73. The summed E-state index contributed by atoms with van der Waals surface area (Å²) in [7, 11) is 1.63. The van der Waals surface area contributed by atoms with E-state index in [1.807, 2.05) is 25.1 Å². The monoisotopic (exact) mass is 240 g/mol. The van der Waals surface area contributed by atoms with Crippen LogP contribution in [-0.2, 0) is 0 Å². The number of anilines is 1. The summed E-state index contributed by atoms with van der Waals surface area (Å²) in [4.78, 5) is 12.6. The van der Waals surface area contributed by atoms with Gasteiger partial charge in [-0.15, -0.1) is 0 Å². The van der Waals surface area contributed by atoms with Gasteiger partial charge in [0.05, 0.1) is 12.5 Å². The third-order valence-electron chi connectivity index (χ3n) is 2.88. The first-order valence-electron chi connectivity index (χ1n) is 5.54. The molecule has 0 aliphatic carbocycles. The summed E-state index contributed by atoms with van der Waals surface area (Å²) in [6.45, 7) is 2.01. The zero-order valence-electron chi connectivity index (χ0n) is 10.1. The van der Waals surface area contributed by atoms with Crippen LogP contribution in [0.5, 0.6) is 5.75 Å². The number of pyridine rings is 1. The van der Waals surface area contributed by atoms with Gasteiger partial charge in [-0.1, -0.05) is 0 Å². The highest BCUT2D eigenvalue weighted by molar-refractivity contribution is 5.98. The molecule has 2 heterocycles. The summed E-state index contributed by atoms with van der Waals surface area (Å²) in [5.74, 6) is 1.18. The fourth-order valence-corrected chi connectivity index (χ4v) is 2.05. The molecule has 0 saturated heterocycles.